The van der Waals surface area contributed by atoms with Gasteiger partial charge in [-0.1, -0.05) is 50.0 Å². The fourth-order valence-corrected chi connectivity index (χ4v) is 6.82. The van der Waals surface area contributed by atoms with Crippen molar-refractivity contribution in [1.29, 1.82) is 0 Å². The zero-order valence-electron chi connectivity index (χ0n) is 28.9. The number of hydrogen-bond acceptors (Lipinski definition) is 9. The highest BCUT2D eigenvalue weighted by atomic mass is 35.5. The van der Waals surface area contributed by atoms with Crippen LogP contribution in [0.1, 0.15) is 26.3 Å². The molecule has 5 aromatic rings. The van der Waals surface area contributed by atoms with E-state index in [9.17, 15) is 4.79 Å². The largest absolute Gasteiger partial charge is 0.491 e. The Bertz CT molecular complexity index is 1970. The Morgan fingerprint density at radius 2 is 1.57 bits per heavy atom. The Hall–Kier alpha value is -4.36. The lowest BCUT2D eigenvalue weighted by Crippen LogP contribution is -2.46. The van der Waals surface area contributed by atoms with E-state index in [1.165, 1.54) is 11.0 Å². The molecule has 14 heteroatoms. The Kier molecular flexibility index (Phi) is 10.1. The molecule has 1 radical (unpaired) electrons. The molecule has 2 atom stereocenters. The quantitative estimate of drug-likeness (QED) is 0.165. The van der Waals surface area contributed by atoms with Crippen LogP contribution >= 0.6 is 23.2 Å². The number of piperazine rings is 1. The molecule has 2 aliphatic rings. The van der Waals surface area contributed by atoms with E-state index in [1.54, 1.807) is 34.0 Å². The van der Waals surface area contributed by atoms with Crippen molar-refractivity contribution in [2.24, 2.45) is 5.41 Å². The van der Waals surface area contributed by atoms with E-state index in [1.807, 2.05) is 30.3 Å². The lowest BCUT2D eigenvalue weighted by atomic mass is 9.92. The van der Waals surface area contributed by atoms with Crippen molar-refractivity contribution in [3.63, 3.8) is 0 Å². The molecule has 0 aliphatic carbocycles. The first-order chi connectivity index (χ1) is 24.5. The highest BCUT2D eigenvalue weighted by molar-refractivity contribution is 6.35. The summed E-state index contributed by atoms with van der Waals surface area (Å²) in [6.07, 6.45) is 6.42. The van der Waals surface area contributed by atoms with E-state index in [0.29, 0.717) is 35.4 Å². The highest BCUT2D eigenvalue weighted by Gasteiger charge is 2.45. The molecular formula is C37H41Cl2N8O4. The second-order valence-corrected chi connectivity index (χ2v) is 14.7. The second kappa shape index (κ2) is 14.7. The summed E-state index contributed by atoms with van der Waals surface area (Å²) in [5.74, 6) is -0.414. The molecule has 0 saturated carbocycles. The standard InChI is InChI=1S/C37H41Cl2N8O4/c1-36(2,3)14-15-47-35(48)46(26-42-47)30-7-5-28(6-8-30)43-16-18-44(19-17-43)29-9-11-31(12-10-29)49-21-32-22-50-37(51-32,23-45-25-40-24-41-45)33-13-4-27(38)20-34(33)39/h4-14,20,24-26,32H,15-19,21-23H2,1-3H3/t32-,37-/m1/s1. The zero-order valence-corrected chi connectivity index (χ0v) is 30.4. The molecule has 0 unspecified atom stereocenters. The molecule has 0 bridgehead atoms. The van der Waals surface area contributed by atoms with Gasteiger partial charge in [-0.05, 0) is 72.5 Å². The molecule has 4 heterocycles. The first-order valence-electron chi connectivity index (χ1n) is 17.0. The number of hydrogen-bond donors (Lipinski definition) is 0. The van der Waals surface area contributed by atoms with Gasteiger partial charge in [-0.2, -0.15) is 10.2 Å². The topological polar surface area (TPSA) is 105 Å². The van der Waals surface area contributed by atoms with Crippen LogP contribution in [0.15, 0.2) is 90.5 Å². The number of rotatable bonds is 11. The molecule has 2 saturated heterocycles. The number of nitrogens with zero attached hydrogens (tertiary/aromatic N) is 8. The van der Waals surface area contributed by atoms with Gasteiger partial charge in [-0.25, -0.2) is 23.7 Å². The van der Waals surface area contributed by atoms with Crippen LogP contribution in [0.3, 0.4) is 0 Å². The van der Waals surface area contributed by atoms with E-state index >= 15 is 0 Å². The molecule has 0 N–H and O–H groups in total. The van der Waals surface area contributed by atoms with Crippen molar-refractivity contribution in [3.05, 3.63) is 118 Å². The molecule has 0 spiro atoms. The maximum Gasteiger partial charge on any atom is 0.350 e. The first kappa shape index (κ1) is 35.1. The lowest BCUT2D eigenvalue weighted by molar-refractivity contribution is -0.190. The summed E-state index contributed by atoms with van der Waals surface area (Å²) < 4.78 is 23.6. The average molecular weight is 733 g/mol. The van der Waals surface area contributed by atoms with E-state index in [4.69, 9.17) is 37.4 Å². The van der Waals surface area contributed by atoms with Crippen LogP contribution in [0.5, 0.6) is 5.75 Å². The van der Waals surface area contributed by atoms with Gasteiger partial charge >= 0.3 is 5.69 Å². The Labute approximate surface area is 307 Å². The first-order valence-corrected chi connectivity index (χ1v) is 17.7. The predicted molar refractivity (Wildman–Crippen MR) is 197 cm³/mol. The lowest BCUT2D eigenvalue weighted by Gasteiger charge is -2.37. The van der Waals surface area contributed by atoms with Crippen LogP contribution in [-0.4, -0.2) is 74.6 Å². The fourth-order valence-electron chi connectivity index (χ4n) is 6.27. The van der Waals surface area contributed by atoms with Gasteiger partial charge in [0.2, 0.25) is 5.79 Å². The molecule has 2 aromatic heterocycles. The van der Waals surface area contributed by atoms with Gasteiger partial charge in [-0.15, -0.1) is 0 Å². The number of halogens is 2. The average Bonchev–Trinajstić information content (AvgIpc) is 3.88. The second-order valence-electron chi connectivity index (χ2n) is 13.9. The van der Waals surface area contributed by atoms with Crippen molar-refractivity contribution in [3.8, 4) is 11.4 Å². The van der Waals surface area contributed by atoms with E-state index in [-0.39, 0.29) is 23.8 Å². The van der Waals surface area contributed by atoms with Gasteiger partial charge in [0.05, 0.1) is 23.9 Å². The number of aromatic nitrogens is 6. The summed E-state index contributed by atoms with van der Waals surface area (Å²) in [6, 6.07) is 21.5. The van der Waals surface area contributed by atoms with Gasteiger partial charge in [-0.3, -0.25) is 0 Å². The molecule has 0 amide bonds. The summed E-state index contributed by atoms with van der Waals surface area (Å²) in [5.41, 5.74) is 3.61. The van der Waals surface area contributed by atoms with Gasteiger partial charge in [0.15, 0.2) is 0 Å². The van der Waals surface area contributed by atoms with Gasteiger partial charge in [0, 0.05) is 48.1 Å². The summed E-state index contributed by atoms with van der Waals surface area (Å²) >= 11 is 12.7. The number of anilines is 2. The third kappa shape index (κ3) is 8.09. The normalized spacial score (nSPS) is 19.5. The minimum Gasteiger partial charge on any atom is -0.491 e. The van der Waals surface area contributed by atoms with Crippen molar-refractivity contribution in [2.45, 2.75) is 45.8 Å². The van der Waals surface area contributed by atoms with Crippen LogP contribution in [0.25, 0.3) is 5.69 Å². The van der Waals surface area contributed by atoms with Crippen LogP contribution in [0.4, 0.5) is 11.4 Å². The minimum absolute atomic E-state index is 0.0135. The van der Waals surface area contributed by atoms with Crippen molar-refractivity contribution >= 4 is 34.6 Å². The summed E-state index contributed by atoms with van der Waals surface area (Å²) in [6.45, 7) is 11.2. The van der Waals surface area contributed by atoms with Crippen LogP contribution in [-0.2, 0) is 28.4 Å². The molecule has 12 nitrogen and oxygen atoms in total. The van der Waals surface area contributed by atoms with Gasteiger partial charge in [0.1, 0.15) is 44.0 Å². The molecule has 2 fully saturated rings. The van der Waals surface area contributed by atoms with E-state index < -0.39 is 5.79 Å². The van der Waals surface area contributed by atoms with Crippen LogP contribution < -0.4 is 20.2 Å². The molecular weight excluding hydrogens is 691 g/mol. The van der Waals surface area contributed by atoms with Crippen molar-refractivity contribution in [2.75, 3.05) is 49.2 Å². The van der Waals surface area contributed by atoms with Crippen LogP contribution in [0.2, 0.25) is 10.0 Å². The summed E-state index contributed by atoms with van der Waals surface area (Å²) in [5, 5.41) is 9.51. The molecule has 51 heavy (non-hydrogen) atoms. The maximum absolute atomic E-state index is 12.9. The van der Waals surface area contributed by atoms with Crippen molar-refractivity contribution in [1.82, 2.24) is 29.1 Å². The van der Waals surface area contributed by atoms with Gasteiger partial charge in [0.25, 0.3) is 0 Å². The van der Waals surface area contributed by atoms with Crippen molar-refractivity contribution < 1.29 is 14.2 Å². The monoisotopic (exact) mass is 731 g/mol. The molecule has 267 valence electrons. The Morgan fingerprint density at radius 1 is 0.902 bits per heavy atom. The summed E-state index contributed by atoms with van der Waals surface area (Å²) in [4.78, 5) is 21.7. The van der Waals surface area contributed by atoms with E-state index in [2.05, 4.69) is 76.4 Å². The van der Waals surface area contributed by atoms with E-state index in [0.717, 1.165) is 49.0 Å². The van der Waals surface area contributed by atoms with Gasteiger partial charge < -0.3 is 24.0 Å². The predicted octanol–water partition coefficient (Wildman–Crippen LogP) is 5.86. The smallest absolute Gasteiger partial charge is 0.350 e. The Balaban J connectivity index is 0.912. The third-order valence-electron chi connectivity index (χ3n) is 9.06. The summed E-state index contributed by atoms with van der Waals surface area (Å²) in [7, 11) is 0. The van der Waals surface area contributed by atoms with Crippen LogP contribution in [0, 0.1) is 11.8 Å². The highest BCUT2D eigenvalue weighted by Crippen LogP contribution is 2.40. The number of ether oxygens (including phenoxy) is 3. The fraction of sp³-hybridized carbons (Fsp3) is 0.378. The zero-order chi connectivity index (χ0) is 35.6. The molecule has 2 aliphatic heterocycles. The Morgan fingerprint density at radius 3 is 2.20 bits per heavy atom. The molecule has 3 aromatic carbocycles. The molecule has 7 rings (SSSR count). The minimum atomic E-state index is -1.16. The maximum atomic E-state index is 12.9. The SMILES string of the molecule is CC(C)(C)[CH]Cn1ncn(-c2ccc(N3CCN(c4ccc(OC[C@@H]5CO[C@@](Cn6cncn6)(c6ccc(Cl)cc6Cl)O5)cc4)CC3)cc2)c1=O. The number of benzene rings is 3. The third-order valence-corrected chi connectivity index (χ3v) is 9.61.